The average Bonchev–Trinajstić information content (AvgIpc) is 2.46. The summed E-state index contributed by atoms with van der Waals surface area (Å²) in [4.78, 5) is 4.50. The molecular weight excluding hydrogens is 345 g/mol. The molecule has 1 unspecified atom stereocenters. The molecule has 0 bridgehead atoms. The molecule has 1 atom stereocenters. The minimum Gasteiger partial charge on any atom is -0.258 e. The number of halogens is 3. The minimum atomic E-state index is 0.200. The number of benzene rings is 1. The predicted octanol–water partition coefficient (Wildman–Crippen LogP) is 5.75. The molecule has 19 heavy (non-hydrogen) atoms. The second-order valence-electron chi connectivity index (χ2n) is 4.57. The number of fused-ring (bicyclic) bond motifs is 2. The molecule has 4 heteroatoms. The van der Waals surface area contributed by atoms with Gasteiger partial charge in [-0.3, -0.25) is 4.98 Å². The van der Waals surface area contributed by atoms with Crippen LogP contribution in [0.1, 0.15) is 35.2 Å². The van der Waals surface area contributed by atoms with Gasteiger partial charge in [0.1, 0.15) is 0 Å². The van der Waals surface area contributed by atoms with Crippen LogP contribution in [0.2, 0.25) is 10.0 Å². The molecule has 1 aromatic carbocycles. The van der Waals surface area contributed by atoms with Crippen LogP contribution in [0.25, 0.3) is 10.6 Å². The van der Waals surface area contributed by atoms with Gasteiger partial charge in [-0.15, -0.1) is 0 Å². The largest absolute Gasteiger partial charge is 0.258 e. The summed E-state index contributed by atoms with van der Waals surface area (Å²) in [6.45, 7) is 2.14. The van der Waals surface area contributed by atoms with Gasteiger partial charge in [0, 0.05) is 27.2 Å². The Kier molecular flexibility index (Phi) is 3.42. The number of nitrogens with zero attached hydrogens (tertiary/aromatic N) is 1. The first-order valence-corrected chi connectivity index (χ1v) is 7.43. The van der Waals surface area contributed by atoms with Gasteiger partial charge in [-0.25, -0.2) is 0 Å². The van der Waals surface area contributed by atoms with E-state index < -0.39 is 0 Å². The molecule has 0 saturated carbocycles. The van der Waals surface area contributed by atoms with Crippen molar-refractivity contribution in [3.63, 3.8) is 0 Å². The fraction of sp³-hybridized carbons (Fsp3) is 0.133. The Morgan fingerprint density at radius 2 is 1.95 bits per heavy atom. The van der Waals surface area contributed by atoms with E-state index in [0.717, 1.165) is 26.3 Å². The van der Waals surface area contributed by atoms with Crippen LogP contribution in [0.3, 0.4) is 0 Å². The lowest BCUT2D eigenvalue weighted by Crippen LogP contribution is -2.02. The Labute approximate surface area is 130 Å². The van der Waals surface area contributed by atoms with E-state index in [0.29, 0.717) is 5.02 Å². The highest BCUT2D eigenvalue weighted by molar-refractivity contribution is 9.15. The molecular formula is C15H10BrCl2N. The van der Waals surface area contributed by atoms with E-state index in [1.165, 1.54) is 5.56 Å². The van der Waals surface area contributed by atoms with Crippen molar-refractivity contribution >= 4 is 49.7 Å². The molecule has 1 heterocycles. The maximum atomic E-state index is 6.08. The predicted molar refractivity (Wildman–Crippen MR) is 85.0 cm³/mol. The highest BCUT2D eigenvalue weighted by Gasteiger charge is 2.22. The monoisotopic (exact) mass is 353 g/mol. The first-order chi connectivity index (χ1) is 9.06. The van der Waals surface area contributed by atoms with Crippen molar-refractivity contribution in [2.75, 3.05) is 0 Å². The Hall–Kier alpha value is -0.830. The Bertz CT molecular complexity index is 695. The first-order valence-electron chi connectivity index (χ1n) is 5.88. The molecule has 2 aromatic rings. The average molecular weight is 355 g/mol. The number of pyridine rings is 1. The van der Waals surface area contributed by atoms with E-state index in [2.05, 4.69) is 40.0 Å². The molecule has 1 aliphatic rings. The second-order valence-corrected chi connectivity index (χ2v) is 6.30. The number of aromatic nitrogens is 1. The number of hydrogen-bond acceptors (Lipinski definition) is 1. The lowest BCUT2D eigenvalue weighted by atomic mass is 9.93. The van der Waals surface area contributed by atoms with E-state index in [1.807, 2.05) is 18.2 Å². The minimum absolute atomic E-state index is 0.200. The summed E-state index contributed by atoms with van der Waals surface area (Å²) in [6.07, 6.45) is 3.76. The number of hydrogen-bond donors (Lipinski definition) is 0. The molecule has 0 radical (unpaired) electrons. The zero-order valence-corrected chi connectivity index (χ0v) is 13.2. The third-order valence-electron chi connectivity index (χ3n) is 3.35. The van der Waals surface area contributed by atoms with Crippen LogP contribution in [0.4, 0.5) is 0 Å². The van der Waals surface area contributed by atoms with Crippen LogP contribution in [0.5, 0.6) is 0 Å². The highest BCUT2D eigenvalue weighted by Crippen LogP contribution is 2.40. The van der Waals surface area contributed by atoms with Crippen LogP contribution in [-0.4, -0.2) is 4.98 Å². The van der Waals surface area contributed by atoms with Crippen molar-refractivity contribution in [1.82, 2.24) is 4.98 Å². The molecule has 0 fully saturated rings. The summed E-state index contributed by atoms with van der Waals surface area (Å²) in [7, 11) is 0. The summed E-state index contributed by atoms with van der Waals surface area (Å²) < 4.78 is 0.977. The van der Waals surface area contributed by atoms with Crippen molar-refractivity contribution < 1.29 is 0 Å². The third kappa shape index (κ3) is 2.33. The molecule has 0 spiro atoms. The van der Waals surface area contributed by atoms with Gasteiger partial charge in [-0.1, -0.05) is 52.1 Å². The smallest absolute Gasteiger partial charge is 0.0595 e. The Balaban J connectivity index is 2.30. The fourth-order valence-electron chi connectivity index (χ4n) is 2.41. The van der Waals surface area contributed by atoms with Crippen LogP contribution in [0, 0.1) is 0 Å². The normalized spacial score (nSPS) is 17.3. The quantitative estimate of drug-likeness (QED) is 0.587. The van der Waals surface area contributed by atoms with E-state index in [9.17, 15) is 0 Å². The molecule has 1 aliphatic carbocycles. The van der Waals surface area contributed by atoms with E-state index in [-0.39, 0.29) is 5.92 Å². The standard InChI is InChI=1S/C15H10BrCl2N/c1-8-12-3-2-10(17)4-9(12)5-14(16)13-6-11(18)7-19-15(8)13/h2-8H,1H3. The van der Waals surface area contributed by atoms with Crippen molar-refractivity contribution in [1.29, 1.82) is 0 Å². The molecule has 0 N–H and O–H groups in total. The van der Waals surface area contributed by atoms with Gasteiger partial charge in [-0.2, -0.15) is 0 Å². The van der Waals surface area contributed by atoms with Gasteiger partial charge in [0.15, 0.2) is 0 Å². The fourth-order valence-corrected chi connectivity index (χ4v) is 3.32. The van der Waals surface area contributed by atoms with Crippen molar-refractivity contribution in [2.24, 2.45) is 0 Å². The van der Waals surface area contributed by atoms with Crippen LogP contribution in [0.15, 0.2) is 30.5 Å². The van der Waals surface area contributed by atoms with Gasteiger partial charge < -0.3 is 0 Å². The second kappa shape index (κ2) is 4.93. The molecule has 0 saturated heterocycles. The topological polar surface area (TPSA) is 12.9 Å². The Morgan fingerprint density at radius 3 is 2.74 bits per heavy atom. The van der Waals surface area contributed by atoms with E-state index in [4.69, 9.17) is 23.2 Å². The van der Waals surface area contributed by atoms with Gasteiger partial charge in [0.05, 0.1) is 10.7 Å². The zero-order chi connectivity index (χ0) is 13.6. The van der Waals surface area contributed by atoms with Crippen molar-refractivity contribution in [3.05, 3.63) is 62.9 Å². The van der Waals surface area contributed by atoms with Gasteiger partial charge in [-0.05, 0) is 35.4 Å². The maximum absolute atomic E-state index is 6.08. The Morgan fingerprint density at radius 1 is 1.16 bits per heavy atom. The number of rotatable bonds is 0. The lowest BCUT2D eigenvalue weighted by Gasteiger charge is -2.14. The summed E-state index contributed by atoms with van der Waals surface area (Å²) in [5, 5.41) is 1.37. The SMILES string of the molecule is CC1c2ccc(Cl)cc2C=C(Br)c2cc(Cl)cnc21. The first kappa shape index (κ1) is 13.2. The van der Waals surface area contributed by atoms with E-state index >= 15 is 0 Å². The molecule has 1 aromatic heterocycles. The summed E-state index contributed by atoms with van der Waals surface area (Å²) in [5.74, 6) is 0.200. The third-order valence-corrected chi connectivity index (χ3v) is 4.45. The van der Waals surface area contributed by atoms with Crippen LogP contribution < -0.4 is 0 Å². The maximum Gasteiger partial charge on any atom is 0.0595 e. The molecule has 3 rings (SSSR count). The molecule has 0 aliphatic heterocycles. The van der Waals surface area contributed by atoms with Gasteiger partial charge >= 0.3 is 0 Å². The lowest BCUT2D eigenvalue weighted by molar-refractivity contribution is 0.868. The molecule has 0 amide bonds. The zero-order valence-electron chi connectivity index (χ0n) is 10.1. The van der Waals surface area contributed by atoms with Crippen LogP contribution in [-0.2, 0) is 0 Å². The van der Waals surface area contributed by atoms with Crippen molar-refractivity contribution in [2.45, 2.75) is 12.8 Å². The summed E-state index contributed by atoms with van der Waals surface area (Å²) in [6, 6.07) is 7.89. The van der Waals surface area contributed by atoms with E-state index in [1.54, 1.807) is 6.20 Å². The van der Waals surface area contributed by atoms with Crippen molar-refractivity contribution in [3.8, 4) is 0 Å². The van der Waals surface area contributed by atoms with Crippen LogP contribution >= 0.6 is 39.1 Å². The highest BCUT2D eigenvalue weighted by atomic mass is 79.9. The molecule has 1 nitrogen and oxygen atoms in total. The van der Waals surface area contributed by atoms with Gasteiger partial charge in [0.25, 0.3) is 0 Å². The summed E-state index contributed by atoms with van der Waals surface area (Å²) >= 11 is 15.7. The summed E-state index contributed by atoms with van der Waals surface area (Å²) in [5.41, 5.74) is 4.39. The molecule has 96 valence electrons. The van der Waals surface area contributed by atoms with Gasteiger partial charge in [0.2, 0.25) is 0 Å².